The van der Waals surface area contributed by atoms with E-state index in [4.69, 9.17) is 18.9 Å². The molecule has 2 rings (SSSR count). The first-order valence-electron chi connectivity index (χ1n) is 25.3. The van der Waals surface area contributed by atoms with Crippen molar-refractivity contribution in [2.75, 3.05) is 26.4 Å². The second-order valence-electron chi connectivity index (χ2n) is 17.7. The molecule has 14 nitrogen and oxygen atoms in total. The van der Waals surface area contributed by atoms with Crippen molar-refractivity contribution >= 4 is 81.9 Å². The summed E-state index contributed by atoms with van der Waals surface area (Å²) in [6, 6.07) is 12.0. The van der Waals surface area contributed by atoms with Crippen LogP contribution in [0.3, 0.4) is 0 Å². The first-order chi connectivity index (χ1) is 32.5. The zero-order valence-electron chi connectivity index (χ0n) is 42.2. The van der Waals surface area contributed by atoms with E-state index in [0.717, 1.165) is 52.4 Å². The molecule has 2 aromatic rings. The molecule has 2 unspecified atom stereocenters. The Morgan fingerprint density at radius 2 is 0.594 bits per heavy atom. The molecule has 0 aliphatic heterocycles. The molecule has 0 amide bonds. The third kappa shape index (κ3) is 32.9. The van der Waals surface area contributed by atoms with Gasteiger partial charge in [-0.15, -0.1) is 0 Å². The second kappa shape index (κ2) is 40.9. The molecular formula is C52H82CaO14S2. The van der Waals surface area contributed by atoms with Gasteiger partial charge in [-0.05, 0) is 51.0 Å². The first-order valence-corrected chi connectivity index (χ1v) is 28.2. The van der Waals surface area contributed by atoms with Gasteiger partial charge in [0.2, 0.25) is 0 Å². The molecule has 0 aliphatic rings. The Hall–Kier alpha value is -2.60. The minimum absolute atomic E-state index is 0. The zero-order chi connectivity index (χ0) is 50.5. The van der Waals surface area contributed by atoms with E-state index in [1.807, 2.05) is 0 Å². The van der Waals surface area contributed by atoms with Gasteiger partial charge in [0.25, 0.3) is 0 Å². The molecule has 69 heavy (non-hydrogen) atoms. The molecule has 0 radical (unpaired) electrons. The molecular weight excluding hydrogens is 953 g/mol. The number of carbonyl (C=O) groups is 4. The molecule has 0 heterocycles. The van der Waals surface area contributed by atoms with E-state index < -0.39 is 67.8 Å². The topological polar surface area (TPSA) is 220 Å². The molecule has 0 N–H and O–H groups in total. The predicted molar refractivity (Wildman–Crippen MR) is 269 cm³/mol. The average Bonchev–Trinajstić information content (AvgIpc) is 3.31. The van der Waals surface area contributed by atoms with E-state index in [0.29, 0.717) is 0 Å². The summed E-state index contributed by atoms with van der Waals surface area (Å²) in [5.41, 5.74) is 0.0707. The molecule has 17 heteroatoms. The van der Waals surface area contributed by atoms with Crippen LogP contribution >= 0.6 is 0 Å². The fraction of sp³-hybridized carbons (Fsp3) is 0.692. The molecule has 0 bridgehead atoms. The van der Waals surface area contributed by atoms with Gasteiger partial charge in [-0.2, -0.15) is 0 Å². The van der Waals surface area contributed by atoms with Gasteiger partial charge in [-0.25, -0.2) is 36.0 Å². The van der Waals surface area contributed by atoms with E-state index >= 15 is 0 Å². The Morgan fingerprint density at radius 1 is 0.391 bits per heavy atom. The Bertz CT molecular complexity index is 1790. The summed E-state index contributed by atoms with van der Waals surface area (Å²) in [6.45, 7) is 6.18. The van der Waals surface area contributed by atoms with Crippen LogP contribution in [0.4, 0.5) is 0 Å². The predicted octanol–water partition coefficient (Wildman–Crippen LogP) is 11.7. The minimum Gasteiger partial charge on any atom is -0.748 e. The number of benzene rings is 2. The van der Waals surface area contributed by atoms with Crippen LogP contribution in [-0.4, -0.2) is 124 Å². The van der Waals surface area contributed by atoms with Gasteiger partial charge in [0.1, 0.15) is 33.5 Å². The molecule has 2 aromatic carbocycles. The van der Waals surface area contributed by atoms with Crippen molar-refractivity contribution in [1.29, 1.82) is 0 Å². The molecule has 0 aliphatic carbocycles. The van der Waals surface area contributed by atoms with E-state index in [1.54, 1.807) is 24.3 Å². The van der Waals surface area contributed by atoms with Crippen molar-refractivity contribution in [2.24, 2.45) is 0 Å². The number of unbranched alkanes of at least 4 members (excludes halogenated alkanes) is 24. The normalized spacial score (nSPS) is 12.1. The molecule has 0 saturated heterocycles. The SMILES string of the molecule is CCCCCCCCCCCCCCCOC(=O)c1ccccc1C(=O)OCC(C)S(=O)(=O)[O-].CCCCCCCCCCCCCCCOC(=O)c1ccccc1C(=O)OCC(C)S(=O)(=O)[O-].[Ca+2]. The number of hydrogen-bond acceptors (Lipinski definition) is 14. The van der Waals surface area contributed by atoms with Gasteiger partial charge in [0, 0.05) is 0 Å². The van der Waals surface area contributed by atoms with Crippen LogP contribution in [0.25, 0.3) is 0 Å². The van der Waals surface area contributed by atoms with Crippen molar-refractivity contribution in [3.05, 3.63) is 70.8 Å². The van der Waals surface area contributed by atoms with Crippen molar-refractivity contribution in [2.45, 2.75) is 205 Å². The van der Waals surface area contributed by atoms with Gasteiger partial charge >= 0.3 is 61.6 Å². The van der Waals surface area contributed by atoms with Crippen molar-refractivity contribution in [3.8, 4) is 0 Å². The standard InChI is InChI=1S/2C26H42O7S.Ca/c2*1-3-4-5-6-7-8-9-10-11-12-13-14-17-20-32-25(27)23-18-15-16-19-24(23)26(28)33-21-22(2)34(29,30)31;/h2*15-16,18-19,22H,3-14,17,20-21H2,1-2H3,(H,29,30,31);/q;;+2/p-2. The number of esters is 4. The Kier molecular flexibility index (Phi) is 39.4. The monoisotopic (exact) mass is 1030 g/mol. The third-order valence-electron chi connectivity index (χ3n) is 11.6. The Balaban J connectivity index is 0.00000132. The largest absolute Gasteiger partial charge is 2.00 e. The smallest absolute Gasteiger partial charge is 0.748 e. The van der Waals surface area contributed by atoms with Crippen molar-refractivity contribution in [3.63, 3.8) is 0 Å². The Labute approximate surface area is 445 Å². The summed E-state index contributed by atoms with van der Waals surface area (Å²) >= 11 is 0. The fourth-order valence-electron chi connectivity index (χ4n) is 7.11. The maximum absolute atomic E-state index is 12.4. The van der Waals surface area contributed by atoms with E-state index in [-0.39, 0.29) is 73.2 Å². The van der Waals surface area contributed by atoms with Gasteiger partial charge < -0.3 is 28.1 Å². The van der Waals surface area contributed by atoms with Crippen molar-refractivity contribution in [1.82, 2.24) is 0 Å². The van der Waals surface area contributed by atoms with Crippen LogP contribution in [0, 0.1) is 0 Å². The van der Waals surface area contributed by atoms with Crippen LogP contribution in [0.1, 0.15) is 236 Å². The zero-order valence-corrected chi connectivity index (χ0v) is 46.1. The quantitative estimate of drug-likeness (QED) is 0.0201. The molecule has 0 fully saturated rings. The number of hydrogen-bond donors (Lipinski definition) is 0. The third-order valence-corrected chi connectivity index (χ3v) is 13.8. The molecule has 388 valence electrons. The van der Waals surface area contributed by atoms with E-state index in [1.165, 1.54) is 153 Å². The van der Waals surface area contributed by atoms with Gasteiger partial charge in [-0.1, -0.05) is 192 Å². The summed E-state index contributed by atoms with van der Waals surface area (Å²) in [4.78, 5) is 49.4. The second-order valence-corrected chi connectivity index (χ2v) is 21.2. The molecule has 0 spiro atoms. The van der Waals surface area contributed by atoms with Crippen molar-refractivity contribution < 1.29 is 64.1 Å². The number of carbonyl (C=O) groups excluding carboxylic acids is 4. The molecule has 2 atom stereocenters. The summed E-state index contributed by atoms with van der Waals surface area (Å²) in [5.74, 6) is -3.00. The maximum Gasteiger partial charge on any atom is 2.00 e. The van der Waals surface area contributed by atoms with Crippen LogP contribution in [-0.2, 0) is 39.2 Å². The number of rotatable bonds is 38. The minimum atomic E-state index is -4.56. The summed E-state index contributed by atoms with van der Waals surface area (Å²) < 4.78 is 86.1. The fourth-order valence-corrected chi connectivity index (χ4v) is 7.58. The van der Waals surface area contributed by atoms with Gasteiger partial charge in [0.05, 0.1) is 46.0 Å². The van der Waals surface area contributed by atoms with Crippen LogP contribution in [0.15, 0.2) is 48.5 Å². The van der Waals surface area contributed by atoms with Gasteiger partial charge in [-0.3, -0.25) is 0 Å². The maximum atomic E-state index is 12.4. The summed E-state index contributed by atoms with van der Waals surface area (Å²) in [6.07, 6.45) is 31.9. The van der Waals surface area contributed by atoms with Crippen LogP contribution in [0.2, 0.25) is 0 Å². The molecule has 0 aromatic heterocycles. The van der Waals surface area contributed by atoms with E-state index in [2.05, 4.69) is 13.8 Å². The van der Waals surface area contributed by atoms with Crippen LogP contribution in [0.5, 0.6) is 0 Å². The van der Waals surface area contributed by atoms with Crippen LogP contribution < -0.4 is 0 Å². The number of ether oxygens (including phenoxy) is 4. The summed E-state index contributed by atoms with van der Waals surface area (Å²) in [7, 11) is -9.12. The average molecular weight is 1040 g/mol. The van der Waals surface area contributed by atoms with Gasteiger partial charge in [0.15, 0.2) is 0 Å². The summed E-state index contributed by atoms with van der Waals surface area (Å²) in [5, 5.41) is -2.74. The molecule has 0 saturated carbocycles. The van der Waals surface area contributed by atoms with E-state index in [9.17, 15) is 45.1 Å². The first kappa shape index (κ1) is 66.4. The Morgan fingerprint density at radius 3 is 0.812 bits per heavy atom.